The molecule has 0 aliphatic carbocycles. The minimum atomic E-state index is 0.700. The Morgan fingerprint density at radius 2 is 2.00 bits per heavy atom. The fourth-order valence-electron chi connectivity index (χ4n) is 1.04. The molecule has 66 valence electrons. The fraction of sp³-hybridized carbons (Fsp3) is 0.100. The van der Waals surface area contributed by atoms with Gasteiger partial charge in [0.2, 0.25) is 5.88 Å². The van der Waals surface area contributed by atoms with Gasteiger partial charge >= 0.3 is 0 Å². The lowest BCUT2D eigenvalue weighted by molar-refractivity contribution is 0.458. The van der Waals surface area contributed by atoms with Crippen LogP contribution in [-0.2, 0) is 0 Å². The van der Waals surface area contributed by atoms with E-state index in [1.54, 1.807) is 6.20 Å². The van der Waals surface area contributed by atoms with Crippen LogP contribution < -0.4 is 4.74 Å². The predicted molar refractivity (Wildman–Crippen MR) is 49.8 cm³/mol. The highest BCUT2D eigenvalue weighted by atomic mass is 16.5. The summed E-state index contributed by atoms with van der Waals surface area (Å²) in [6, 6.07) is 9.62. The molecule has 3 heteroatoms. The summed E-state index contributed by atoms with van der Waals surface area (Å²) in [6.45, 7) is 1.95. The number of hydrogen-bond acceptors (Lipinski definition) is 2. The van der Waals surface area contributed by atoms with Crippen LogP contribution >= 0.6 is 0 Å². The molecule has 0 spiro atoms. The zero-order chi connectivity index (χ0) is 9.10. The van der Waals surface area contributed by atoms with Crippen molar-refractivity contribution < 1.29 is 4.74 Å². The summed E-state index contributed by atoms with van der Waals surface area (Å²) >= 11 is 0. The molecule has 2 aromatic rings. The first-order valence-electron chi connectivity index (χ1n) is 4.09. The van der Waals surface area contributed by atoms with Crippen LogP contribution in [-0.4, -0.2) is 10.2 Å². The number of rotatable bonds is 2. The van der Waals surface area contributed by atoms with E-state index in [1.807, 2.05) is 37.3 Å². The summed E-state index contributed by atoms with van der Waals surface area (Å²) < 4.78 is 5.53. The van der Waals surface area contributed by atoms with Gasteiger partial charge in [0.25, 0.3) is 0 Å². The second-order valence-electron chi connectivity index (χ2n) is 2.80. The van der Waals surface area contributed by atoms with Crippen LogP contribution in [0.5, 0.6) is 11.6 Å². The molecular weight excluding hydrogens is 164 g/mol. The van der Waals surface area contributed by atoms with E-state index >= 15 is 0 Å². The Kier molecular flexibility index (Phi) is 2.00. The largest absolute Gasteiger partial charge is 0.439 e. The number of para-hydroxylation sites is 1. The van der Waals surface area contributed by atoms with Crippen LogP contribution in [0.25, 0.3) is 0 Å². The van der Waals surface area contributed by atoms with Crippen molar-refractivity contribution in [3.63, 3.8) is 0 Å². The van der Waals surface area contributed by atoms with E-state index in [0.717, 1.165) is 11.3 Å². The molecule has 0 bridgehead atoms. The molecule has 0 fully saturated rings. The zero-order valence-electron chi connectivity index (χ0n) is 7.32. The van der Waals surface area contributed by atoms with Gasteiger partial charge in [-0.05, 0) is 19.1 Å². The molecule has 0 aliphatic heterocycles. The van der Waals surface area contributed by atoms with E-state index in [1.165, 1.54) is 0 Å². The summed E-state index contributed by atoms with van der Waals surface area (Å²) in [4.78, 5) is 0. The van der Waals surface area contributed by atoms with Gasteiger partial charge in [-0.1, -0.05) is 18.2 Å². The van der Waals surface area contributed by atoms with Gasteiger partial charge in [-0.3, -0.25) is 0 Å². The van der Waals surface area contributed by atoms with Crippen LogP contribution in [0.1, 0.15) is 5.56 Å². The summed E-state index contributed by atoms with van der Waals surface area (Å²) in [6.07, 6.45) is 1.73. The predicted octanol–water partition coefficient (Wildman–Crippen LogP) is 2.51. The number of aromatic nitrogens is 2. The lowest BCUT2D eigenvalue weighted by Gasteiger charge is -2.02. The lowest BCUT2D eigenvalue weighted by Crippen LogP contribution is -1.85. The molecule has 0 unspecified atom stereocenters. The number of hydrogen-bond donors (Lipinski definition) is 1. The quantitative estimate of drug-likeness (QED) is 0.759. The normalized spacial score (nSPS) is 9.92. The van der Waals surface area contributed by atoms with Crippen LogP contribution in [0.15, 0.2) is 36.5 Å². The topological polar surface area (TPSA) is 37.9 Å². The Labute approximate surface area is 76.4 Å². The Bertz CT molecular complexity index is 381. The molecule has 0 amide bonds. The summed E-state index contributed by atoms with van der Waals surface area (Å²) in [5.74, 6) is 1.51. The highest BCUT2D eigenvalue weighted by Gasteiger charge is 2.01. The van der Waals surface area contributed by atoms with E-state index in [0.29, 0.717) is 5.88 Å². The number of H-pyrrole nitrogens is 1. The van der Waals surface area contributed by atoms with Crippen molar-refractivity contribution >= 4 is 0 Å². The zero-order valence-corrected chi connectivity index (χ0v) is 7.32. The minimum Gasteiger partial charge on any atom is -0.439 e. The van der Waals surface area contributed by atoms with Crippen molar-refractivity contribution in [1.82, 2.24) is 10.2 Å². The van der Waals surface area contributed by atoms with Gasteiger partial charge in [0.15, 0.2) is 0 Å². The van der Waals surface area contributed by atoms with Crippen molar-refractivity contribution in [2.75, 3.05) is 0 Å². The average Bonchev–Trinajstić information content (AvgIpc) is 2.54. The smallest absolute Gasteiger partial charge is 0.218 e. The van der Waals surface area contributed by atoms with Crippen molar-refractivity contribution in [2.45, 2.75) is 6.92 Å². The Morgan fingerprint density at radius 3 is 2.62 bits per heavy atom. The number of nitrogens with zero attached hydrogens (tertiary/aromatic N) is 1. The van der Waals surface area contributed by atoms with E-state index in [9.17, 15) is 0 Å². The van der Waals surface area contributed by atoms with Gasteiger partial charge in [0.05, 0.1) is 6.20 Å². The van der Waals surface area contributed by atoms with Crippen LogP contribution in [0, 0.1) is 6.92 Å². The molecule has 13 heavy (non-hydrogen) atoms. The van der Waals surface area contributed by atoms with Crippen molar-refractivity contribution in [3.05, 3.63) is 42.1 Å². The van der Waals surface area contributed by atoms with Crippen molar-refractivity contribution in [3.8, 4) is 11.6 Å². The molecule has 0 saturated carbocycles. The Hall–Kier alpha value is -1.77. The van der Waals surface area contributed by atoms with Gasteiger partial charge in [-0.25, -0.2) is 5.10 Å². The first kappa shape index (κ1) is 7.86. The number of benzene rings is 1. The number of aromatic amines is 1. The van der Waals surface area contributed by atoms with Crippen molar-refractivity contribution in [1.29, 1.82) is 0 Å². The molecule has 0 saturated heterocycles. The Balaban J connectivity index is 2.20. The van der Waals surface area contributed by atoms with Crippen LogP contribution in [0.2, 0.25) is 0 Å². The van der Waals surface area contributed by atoms with E-state index in [2.05, 4.69) is 10.2 Å². The van der Waals surface area contributed by atoms with Gasteiger partial charge in [-0.15, -0.1) is 0 Å². The third-order valence-electron chi connectivity index (χ3n) is 1.75. The minimum absolute atomic E-state index is 0.700. The van der Waals surface area contributed by atoms with Gasteiger partial charge in [-0.2, -0.15) is 5.10 Å². The van der Waals surface area contributed by atoms with Crippen molar-refractivity contribution in [2.24, 2.45) is 0 Å². The van der Waals surface area contributed by atoms with E-state index in [-0.39, 0.29) is 0 Å². The maximum atomic E-state index is 5.53. The van der Waals surface area contributed by atoms with Crippen LogP contribution in [0.4, 0.5) is 0 Å². The summed E-state index contributed by atoms with van der Waals surface area (Å²) in [7, 11) is 0. The molecule has 3 nitrogen and oxygen atoms in total. The van der Waals surface area contributed by atoms with E-state index < -0.39 is 0 Å². The number of nitrogens with one attached hydrogen (secondary N) is 1. The molecule has 0 radical (unpaired) electrons. The molecule has 0 atom stereocenters. The SMILES string of the molecule is Cc1cn[nH]c1Oc1ccccc1. The monoisotopic (exact) mass is 174 g/mol. The molecule has 1 aromatic heterocycles. The summed E-state index contributed by atoms with van der Waals surface area (Å²) in [5, 5.41) is 6.65. The number of aryl methyl sites for hydroxylation is 1. The maximum absolute atomic E-state index is 5.53. The molecular formula is C10H10N2O. The van der Waals surface area contributed by atoms with Crippen LogP contribution in [0.3, 0.4) is 0 Å². The first-order chi connectivity index (χ1) is 6.36. The average molecular weight is 174 g/mol. The molecule has 1 aromatic carbocycles. The third-order valence-corrected chi connectivity index (χ3v) is 1.75. The first-order valence-corrected chi connectivity index (χ1v) is 4.09. The maximum Gasteiger partial charge on any atom is 0.218 e. The van der Waals surface area contributed by atoms with Gasteiger partial charge < -0.3 is 4.74 Å². The fourth-order valence-corrected chi connectivity index (χ4v) is 1.04. The molecule has 2 rings (SSSR count). The standard InChI is InChI=1S/C10H10N2O/c1-8-7-11-12-10(8)13-9-5-3-2-4-6-9/h2-7H,1H3,(H,11,12). The second-order valence-corrected chi connectivity index (χ2v) is 2.80. The number of ether oxygens (including phenoxy) is 1. The molecule has 1 N–H and O–H groups in total. The summed E-state index contributed by atoms with van der Waals surface area (Å²) in [5.41, 5.74) is 1.00. The van der Waals surface area contributed by atoms with E-state index in [4.69, 9.17) is 4.74 Å². The molecule has 1 heterocycles. The third kappa shape index (κ3) is 1.69. The molecule has 0 aliphatic rings. The lowest BCUT2D eigenvalue weighted by atomic mass is 10.3. The Morgan fingerprint density at radius 1 is 1.23 bits per heavy atom. The van der Waals surface area contributed by atoms with Gasteiger partial charge in [0.1, 0.15) is 5.75 Å². The second kappa shape index (κ2) is 3.31. The van der Waals surface area contributed by atoms with Gasteiger partial charge in [0, 0.05) is 5.56 Å². The highest BCUT2D eigenvalue weighted by Crippen LogP contribution is 2.20. The highest BCUT2D eigenvalue weighted by molar-refractivity contribution is 5.29.